The van der Waals surface area contributed by atoms with Crippen LogP contribution < -0.4 is 5.32 Å². The van der Waals surface area contributed by atoms with Crippen LogP contribution in [-0.2, 0) is 9.59 Å². The quantitative estimate of drug-likeness (QED) is 0.514. The lowest BCUT2D eigenvalue weighted by Crippen LogP contribution is -2.49. The van der Waals surface area contributed by atoms with Crippen LogP contribution in [0.3, 0.4) is 0 Å². The van der Waals surface area contributed by atoms with Gasteiger partial charge in [0.25, 0.3) is 5.91 Å². The van der Waals surface area contributed by atoms with E-state index in [1.807, 2.05) is 4.90 Å². The molecule has 1 aromatic heterocycles. The van der Waals surface area contributed by atoms with Crippen molar-refractivity contribution in [3.05, 3.63) is 11.1 Å². The van der Waals surface area contributed by atoms with Gasteiger partial charge in [-0.25, -0.2) is 4.98 Å². The summed E-state index contributed by atoms with van der Waals surface area (Å²) in [7, 11) is 0. The predicted octanol–water partition coefficient (Wildman–Crippen LogP) is 4.48. The number of carbonyl (C=O) groups excluding carboxylic acids is 2. The Hall–Kier alpha value is -2.00. The molecule has 0 atom stereocenters. The van der Waals surface area contributed by atoms with Gasteiger partial charge >= 0.3 is 5.97 Å². The van der Waals surface area contributed by atoms with E-state index in [-0.39, 0.29) is 18.4 Å². The number of aliphatic carboxylic acids is 1. The van der Waals surface area contributed by atoms with Crippen LogP contribution in [0.15, 0.2) is 6.20 Å². The normalized spacial score (nSPS) is 20.8. The monoisotopic (exact) mass is 504 g/mol. The molecule has 2 saturated carbocycles. The summed E-state index contributed by atoms with van der Waals surface area (Å²) in [6.45, 7) is 2.08. The molecule has 4 rings (SSSR count). The van der Waals surface area contributed by atoms with Crippen LogP contribution in [-0.4, -0.2) is 70.4 Å². The fourth-order valence-corrected chi connectivity index (χ4v) is 7.15. The van der Waals surface area contributed by atoms with Gasteiger partial charge in [0, 0.05) is 32.6 Å². The number of piperazine rings is 1. The van der Waals surface area contributed by atoms with E-state index in [0.29, 0.717) is 48.5 Å². The number of carboxylic acids is 1. The van der Waals surface area contributed by atoms with E-state index < -0.39 is 5.97 Å². The molecule has 1 aliphatic heterocycles. The van der Waals surface area contributed by atoms with Gasteiger partial charge in [-0.15, -0.1) is 0 Å². The summed E-state index contributed by atoms with van der Waals surface area (Å²) in [6.07, 6.45) is 16.4. The Kier molecular flexibility index (Phi) is 9.54. The maximum Gasteiger partial charge on any atom is 0.317 e. The van der Waals surface area contributed by atoms with Gasteiger partial charge in [0.05, 0.1) is 12.7 Å². The molecule has 9 heteroatoms. The van der Waals surface area contributed by atoms with E-state index >= 15 is 0 Å². The van der Waals surface area contributed by atoms with Gasteiger partial charge in [0.15, 0.2) is 5.13 Å². The molecule has 3 aliphatic rings. The summed E-state index contributed by atoms with van der Waals surface area (Å²) in [5, 5.41) is 12.3. The molecule has 0 unspecified atom stereocenters. The number of carboxylic acid groups (broad SMARTS) is 1. The van der Waals surface area contributed by atoms with Crippen LogP contribution in [0.25, 0.3) is 0 Å². The van der Waals surface area contributed by atoms with Gasteiger partial charge in [-0.3, -0.25) is 19.3 Å². The highest BCUT2D eigenvalue weighted by atomic mass is 32.1. The number of hydrogen-bond acceptors (Lipinski definition) is 6. The zero-order chi connectivity index (χ0) is 24.6. The van der Waals surface area contributed by atoms with Crippen LogP contribution >= 0.6 is 11.3 Å². The number of hydrogen-bond donors (Lipinski definition) is 2. The Morgan fingerprint density at radius 3 is 2.14 bits per heavy atom. The minimum atomic E-state index is -0.851. The molecule has 0 radical (unpaired) electrons. The lowest BCUT2D eigenvalue weighted by Gasteiger charge is -2.38. The first-order valence-corrected chi connectivity index (χ1v) is 14.3. The summed E-state index contributed by atoms with van der Waals surface area (Å²) < 4.78 is 0. The average molecular weight is 505 g/mol. The van der Waals surface area contributed by atoms with Gasteiger partial charge < -0.3 is 15.3 Å². The maximum absolute atomic E-state index is 12.8. The van der Waals surface area contributed by atoms with Crippen LogP contribution in [0.4, 0.5) is 5.13 Å². The van der Waals surface area contributed by atoms with Crippen LogP contribution in [0.2, 0.25) is 0 Å². The molecule has 0 aromatic carbocycles. The van der Waals surface area contributed by atoms with Gasteiger partial charge in [0.1, 0.15) is 4.88 Å². The maximum atomic E-state index is 12.8. The van der Waals surface area contributed by atoms with E-state index in [9.17, 15) is 14.4 Å². The van der Waals surface area contributed by atoms with E-state index in [2.05, 4.69) is 10.3 Å². The Balaban J connectivity index is 1.26. The first-order chi connectivity index (χ1) is 17.0. The van der Waals surface area contributed by atoms with Crippen molar-refractivity contribution >= 4 is 34.3 Å². The van der Waals surface area contributed by atoms with Crippen molar-refractivity contribution in [3.8, 4) is 0 Å². The molecule has 3 fully saturated rings. The molecule has 0 bridgehead atoms. The fraction of sp³-hybridized carbons (Fsp3) is 0.769. The number of anilines is 1. The van der Waals surface area contributed by atoms with Crippen molar-refractivity contribution in [2.24, 2.45) is 17.8 Å². The van der Waals surface area contributed by atoms with E-state index in [1.54, 1.807) is 11.1 Å². The summed E-state index contributed by atoms with van der Waals surface area (Å²) >= 11 is 1.22. The van der Waals surface area contributed by atoms with Crippen molar-refractivity contribution in [2.75, 3.05) is 38.0 Å². The number of rotatable bonds is 9. The van der Waals surface area contributed by atoms with Crippen LogP contribution in [0, 0.1) is 17.8 Å². The standard InChI is InChI=1S/C26H40N4O4S/c31-23(12-11-21(19-7-3-1-4-8-19)20-9-5-2-6-10-20)28-26-27-17-22(35-26)25(34)30-15-13-29(14-16-30)18-24(32)33/h17,19-21H,1-16,18H2,(H,32,33)(H,27,28,31). The Morgan fingerprint density at radius 1 is 0.971 bits per heavy atom. The van der Waals surface area contributed by atoms with Gasteiger partial charge in [-0.05, 0) is 24.2 Å². The summed E-state index contributed by atoms with van der Waals surface area (Å²) in [5.74, 6) is 1.26. The first kappa shape index (κ1) is 26.1. The molecule has 2 heterocycles. The number of amides is 2. The highest BCUT2D eigenvalue weighted by molar-refractivity contribution is 7.17. The smallest absolute Gasteiger partial charge is 0.317 e. The summed E-state index contributed by atoms with van der Waals surface area (Å²) in [6, 6.07) is 0. The van der Waals surface area contributed by atoms with Gasteiger partial charge in [-0.2, -0.15) is 0 Å². The lowest BCUT2D eigenvalue weighted by atomic mass is 9.68. The fourth-order valence-electron chi connectivity index (χ4n) is 6.35. The van der Waals surface area contributed by atoms with Crippen molar-refractivity contribution in [3.63, 3.8) is 0 Å². The number of carbonyl (C=O) groups is 3. The molecule has 1 saturated heterocycles. The van der Waals surface area contributed by atoms with Crippen molar-refractivity contribution < 1.29 is 19.5 Å². The molecule has 2 N–H and O–H groups in total. The lowest BCUT2D eigenvalue weighted by molar-refractivity contribution is -0.138. The highest BCUT2D eigenvalue weighted by Crippen LogP contribution is 2.42. The topological polar surface area (TPSA) is 103 Å². The van der Waals surface area contributed by atoms with E-state index in [4.69, 9.17) is 5.11 Å². The average Bonchev–Trinajstić information content (AvgIpc) is 3.33. The summed E-state index contributed by atoms with van der Waals surface area (Å²) in [4.78, 5) is 44.9. The Bertz CT molecular complexity index is 837. The minimum Gasteiger partial charge on any atom is -0.480 e. The second kappa shape index (κ2) is 12.8. The predicted molar refractivity (Wildman–Crippen MR) is 137 cm³/mol. The molecule has 0 spiro atoms. The molecule has 8 nitrogen and oxygen atoms in total. The van der Waals surface area contributed by atoms with Crippen molar-refractivity contribution in [1.29, 1.82) is 0 Å². The minimum absolute atomic E-state index is 0.00111. The van der Waals surface area contributed by atoms with Crippen LogP contribution in [0.5, 0.6) is 0 Å². The van der Waals surface area contributed by atoms with Crippen LogP contribution in [0.1, 0.15) is 86.7 Å². The highest BCUT2D eigenvalue weighted by Gasteiger charge is 2.32. The zero-order valence-corrected chi connectivity index (χ0v) is 21.6. The van der Waals surface area contributed by atoms with Gasteiger partial charge in [0.2, 0.25) is 5.91 Å². The molecular weight excluding hydrogens is 464 g/mol. The number of thiazole rings is 1. The van der Waals surface area contributed by atoms with Crippen molar-refractivity contribution in [2.45, 2.75) is 77.0 Å². The van der Waals surface area contributed by atoms with Crippen molar-refractivity contribution in [1.82, 2.24) is 14.8 Å². The second-order valence-electron chi connectivity index (χ2n) is 10.5. The van der Waals surface area contributed by atoms with Gasteiger partial charge in [-0.1, -0.05) is 75.5 Å². The molecule has 194 valence electrons. The molecular formula is C26H40N4O4S. The Morgan fingerprint density at radius 2 is 1.57 bits per heavy atom. The Labute approximate surface area is 212 Å². The molecule has 1 aromatic rings. The molecule has 2 aliphatic carbocycles. The number of aromatic nitrogens is 1. The van der Waals surface area contributed by atoms with E-state index in [1.165, 1.54) is 75.5 Å². The SMILES string of the molecule is O=C(O)CN1CCN(C(=O)c2cnc(NC(=O)CCC(C3CCCCC3)C3CCCCC3)s2)CC1. The third kappa shape index (κ3) is 7.49. The largest absolute Gasteiger partial charge is 0.480 e. The number of nitrogens with one attached hydrogen (secondary N) is 1. The third-order valence-corrected chi connectivity index (χ3v) is 9.10. The molecule has 2 amide bonds. The number of nitrogens with zero attached hydrogens (tertiary/aromatic N) is 3. The molecule has 35 heavy (non-hydrogen) atoms. The third-order valence-electron chi connectivity index (χ3n) is 8.20. The zero-order valence-electron chi connectivity index (χ0n) is 20.8. The first-order valence-electron chi connectivity index (χ1n) is 13.5. The van der Waals surface area contributed by atoms with E-state index in [0.717, 1.165) is 18.3 Å². The second-order valence-corrected chi connectivity index (χ2v) is 11.6. The summed E-state index contributed by atoms with van der Waals surface area (Å²) in [5.41, 5.74) is 0.